The zero-order valence-electron chi connectivity index (χ0n) is 14.5. The molecule has 0 saturated heterocycles. The molecule has 0 aliphatic heterocycles. The Morgan fingerprint density at radius 2 is 2.00 bits per heavy atom. The molecule has 0 atom stereocenters. The van der Waals surface area contributed by atoms with Crippen molar-refractivity contribution in [1.82, 2.24) is 5.32 Å². The molecule has 0 spiro atoms. The number of carboxylic acids is 1. The number of anilines is 1. The van der Waals surface area contributed by atoms with Crippen LogP contribution in [0, 0.1) is 0 Å². The lowest BCUT2D eigenvalue weighted by Crippen LogP contribution is -2.27. The van der Waals surface area contributed by atoms with E-state index in [1.165, 1.54) is 13.0 Å². The normalized spacial score (nSPS) is 10.2. The molecule has 0 aliphatic carbocycles. The van der Waals surface area contributed by atoms with Crippen molar-refractivity contribution in [3.8, 4) is 5.75 Å². The van der Waals surface area contributed by atoms with Crippen LogP contribution < -0.4 is 15.4 Å². The number of hydrogen-bond acceptors (Lipinski definition) is 5. The molecule has 0 radical (unpaired) electrons. The van der Waals surface area contributed by atoms with Gasteiger partial charge in [0.25, 0.3) is 5.91 Å². The number of aromatic carboxylic acids is 1. The molecule has 0 saturated carbocycles. The van der Waals surface area contributed by atoms with Crippen molar-refractivity contribution in [2.45, 2.75) is 20.3 Å². The maximum atomic E-state index is 12.0. The molecule has 0 bridgehead atoms. The fraction of sp³-hybridized carbons (Fsp3) is 0.278. The minimum absolute atomic E-state index is 0.0105. The monoisotopic (exact) mass is 360 g/mol. The lowest BCUT2D eigenvalue weighted by Gasteiger charge is -2.09. The summed E-state index contributed by atoms with van der Waals surface area (Å²) in [5, 5.41) is 14.3. The highest BCUT2D eigenvalue weighted by atomic mass is 16.5. The zero-order chi connectivity index (χ0) is 19.1. The molecule has 1 aromatic heterocycles. The van der Waals surface area contributed by atoms with Gasteiger partial charge in [-0.1, -0.05) is 13.0 Å². The number of aryl methyl sites for hydroxylation is 1. The number of nitrogens with one attached hydrogen (secondary N) is 2. The van der Waals surface area contributed by atoms with Crippen molar-refractivity contribution in [2.75, 3.05) is 18.5 Å². The fourth-order valence-corrected chi connectivity index (χ4v) is 2.27. The van der Waals surface area contributed by atoms with E-state index in [1.807, 2.05) is 0 Å². The number of furan rings is 1. The summed E-state index contributed by atoms with van der Waals surface area (Å²) in [7, 11) is 0. The minimum Gasteiger partial charge on any atom is -0.492 e. The van der Waals surface area contributed by atoms with Gasteiger partial charge < -0.3 is 24.9 Å². The molecule has 2 amide bonds. The smallest absolute Gasteiger partial charge is 0.339 e. The van der Waals surface area contributed by atoms with E-state index in [4.69, 9.17) is 14.3 Å². The number of benzene rings is 1. The van der Waals surface area contributed by atoms with Crippen molar-refractivity contribution in [2.24, 2.45) is 0 Å². The van der Waals surface area contributed by atoms with Gasteiger partial charge in [-0.3, -0.25) is 9.59 Å². The zero-order valence-corrected chi connectivity index (χ0v) is 14.5. The summed E-state index contributed by atoms with van der Waals surface area (Å²) in [6, 6.07) is 8.09. The fourth-order valence-electron chi connectivity index (χ4n) is 2.27. The van der Waals surface area contributed by atoms with Crippen LogP contribution in [0.2, 0.25) is 0 Å². The standard InChI is InChI=1S/C18H20N2O6/c1-3-15-14(18(23)24)10-16(26-15)17(22)19-7-8-25-13-6-4-5-12(9-13)20-11(2)21/h4-6,9-10H,3,7-8H2,1-2H3,(H,19,22)(H,20,21)(H,23,24). The highest BCUT2D eigenvalue weighted by molar-refractivity contribution is 5.96. The molecular formula is C18H20N2O6. The Morgan fingerprint density at radius 3 is 2.62 bits per heavy atom. The lowest BCUT2D eigenvalue weighted by molar-refractivity contribution is -0.114. The molecule has 8 nitrogen and oxygen atoms in total. The molecule has 1 heterocycles. The van der Waals surface area contributed by atoms with Gasteiger partial charge in [0.15, 0.2) is 5.76 Å². The van der Waals surface area contributed by atoms with Crippen LogP contribution in [0.1, 0.15) is 40.5 Å². The van der Waals surface area contributed by atoms with Gasteiger partial charge in [-0.2, -0.15) is 0 Å². The van der Waals surface area contributed by atoms with Crippen molar-refractivity contribution in [3.05, 3.63) is 47.4 Å². The number of carbonyl (C=O) groups is 3. The number of carbonyl (C=O) groups excluding carboxylic acids is 2. The summed E-state index contributed by atoms with van der Waals surface area (Å²) in [6.07, 6.45) is 0.378. The molecule has 0 fully saturated rings. The van der Waals surface area contributed by atoms with Crippen LogP contribution in [0.15, 0.2) is 34.7 Å². The third kappa shape index (κ3) is 5.10. The van der Waals surface area contributed by atoms with Crippen LogP contribution >= 0.6 is 0 Å². The second-order valence-electron chi connectivity index (χ2n) is 5.42. The van der Waals surface area contributed by atoms with E-state index in [0.717, 1.165) is 0 Å². The average molecular weight is 360 g/mol. The van der Waals surface area contributed by atoms with Gasteiger partial charge in [0, 0.05) is 31.2 Å². The molecule has 2 aromatic rings. The summed E-state index contributed by atoms with van der Waals surface area (Å²) >= 11 is 0. The average Bonchev–Trinajstić information content (AvgIpc) is 3.03. The molecule has 138 valence electrons. The Hall–Kier alpha value is -3.29. The van der Waals surface area contributed by atoms with Crippen molar-refractivity contribution >= 4 is 23.5 Å². The third-order valence-corrected chi connectivity index (χ3v) is 3.40. The summed E-state index contributed by atoms with van der Waals surface area (Å²) in [5.41, 5.74) is 0.603. The highest BCUT2D eigenvalue weighted by Gasteiger charge is 2.19. The summed E-state index contributed by atoms with van der Waals surface area (Å²) in [6.45, 7) is 3.56. The predicted octanol–water partition coefficient (Wildman–Crippen LogP) is 2.31. The number of carboxylic acid groups (broad SMARTS) is 1. The molecule has 8 heteroatoms. The Labute approximate surface area is 150 Å². The Bertz CT molecular complexity index is 812. The predicted molar refractivity (Wildman–Crippen MR) is 93.6 cm³/mol. The van der Waals surface area contributed by atoms with Gasteiger partial charge in [-0.15, -0.1) is 0 Å². The minimum atomic E-state index is -1.13. The molecule has 1 aromatic carbocycles. The maximum Gasteiger partial charge on any atom is 0.339 e. The second kappa shape index (κ2) is 8.70. The van der Waals surface area contributed by atoms with E-state index in [-0.39, 0.29) is 36.1 Å². The Kier molecular flexibility index (Phi) is 6.37. The van der Waals surface area contributed by atoms with Gasteiger partial charge >= 0.3 is 5.97 Å². The first kappa shape index (κ1) is 19.0. The van der Waals surface area contributed by atoms with Crippen molar-refractivity contribution in [3.63, 3.8) is 0 Å². The van der Waals surface area contributed by atoms with E-state index in [2.05, 4.69) is 10.6 Å². The maximum absolute atomic E-state index is 12.0. The first-order valence-electron chi connectivity index (χ1n) is 8.05. The summed E-state index contributed by atoms with van der Waals surface area (Å²) in [5.74, 6) is -1.07. The van der Waals surface area contributed by atoms with Gasteiger partial charge in [0.1, 0.15) is 23.7 Å². The van der Waals surface area contributed by atoms with Gasteiger partial charge in [-0.25, -0.2) is 4.79 Å². The molecular weight excluding hydrogens is 340 g/mol. The number of hydrogen-bond donors (Lipinski definition) is 3. The van der Waals surface area contributed by atoms with E-state index in [1.54, 1.807) is 31.2 Å². The molecule has 0 unspecified atom stereocenters. The van der Waals surface area contributed by atoms with Gasteiger partial charge in [0.05, 0.1) is 6.54 Å². The SMILES string of the molecule is CCc1oc(C(=O)NCCOc2cccc(NC(C)=O)c2)cc1C(=O)O. The largest absolute Gasteiger partial charge is 0.492 e. The number of ether oxygens (including phenoxy) is 1. The van der Waals surface area contributed by atoms with Gasteiger partial charge in [-0.05, 0) is 12.1 Å². The van der Waals surface area contributed by atoms with E-state index < -0.39 is 11.9 Å². The molecule has 26 heavy (non-hydrogen) atoms. The molecule has 0 aliphatic rings. The molecule has 3 N–H and O–H groups in total. The molecule has 2 rings (SSSR count). The van der Waals surface area contributed by atoms with Crippen molar-refractivity contribution in [1.29, 1.82) is 0 Å². The summed E-state index contributed by atoms with van der Waals surface area (Å²) in [4.78, 5) is 34.2. The Morgan fingerprint density at radius 1 is 1.23 bits per heavy atom. The van der Waals surface area contributed by atoms with Crippen LogP contribution in [0.4, 0.5) is 5.69 Å². The van der Waals surface area contributed by atoms with Gasteiger partial charge in [0.2, 0.25) is 5.91 Å². The van der Waals surface area contributed by atoms with Crippen LogP contribution in [0.3, 0.4) is 0 Å². The van der Waals surface area contributed by atoms with Crippen molar-refractivity contribution < 1.29 is 28.6 Å². The second-order valence-corrected chi connectivity index (χ2v) is 5.42. The number of amides is 2. The highest BCUT2D eigenvalue weighted by Crippen LogP contribution is 2.18. The van der Waals surface area contributed by atoms with E-state index in [0.29, 0.717) is 17.9 Å². The lowest BCUT2D eigenvalue weighted by atomic mass is 10.2. The van der Waals surface area contributed by atoms with Crippen LogP contribution in [0.5, 0.6) is 5.75 Å². The Balaban J connectivity index is 1.85. The number of rotatable bonds is 8. The van der Waals surface area contributed by atoms with Crippen LogP contribution in [-0.4, -0.2) is 36.0 Å². The van der Waals surface area contributed by atoms with E-state index in [9.17, 15) is 14.4 Å². The topological polar surface area (TPSA) is 118 Å². The summed E-state index contributed by atoms with van der Waals surface area (Å²) < 4.78 is 10.8. The first-order valence-corrected chi connectivity index (χ1v) is 8.05. The van der Waals surface area contributed by atoms with Crippen LogP contribution in [0.25, 0.3) is 0 Å². The quantitative estimate of drug-likeness (QED) is 0.622. The van der Waals surface area contributed by atoms with Crippen LogP contribution in [-0.2, 0) is 11.2 Å². The first-order chi connectivity index (χ1) is 12.4. The third-order valence-electron chi connectivity index (χ3n) is 3.40. The van der Waals surface area contributed by atoms with E-state index >= 15 is 0 Å².